The van der Waals surface area contributed by atoms with Gasteiger partial charge in [0.25, 0.3) is 5.91 Å². The lowest BCUT2D eigenvalue weighted by Gasteiger charge is -2.27. The van der Waals surface area contributed by atoms with Crippen molar-refractivity contribution < 1.29 is 4.79 Å². The van der Waals surface area contributed by atoms with Crippen LogP contribution in [0, 0.1) is 0 Å². The van der Waals surface area contributed by atoms with Crippen LogP contribution < -0.4 is 10.3 Å². The zero-order valence-corrected chi connectivity index (χ0v) is 17.2. The van der Waals surface area contributed by atoms with E-state index in [1.165, 1.54) is 11.3 Å². The highest BCUT2D eigenvalue weighted by Crippen LogP contribution is 2.34. The number of aromatic nitrogens is 1. The Morgan fingerprint density at radius 3 is 2.65 bits per heavy atom. The molecule has 154 valence electrons. The first-order valence-corrected chi connectivity index (χ1v) is 10.9. The van der Waals surface area contributed by atoms with Gasteiger partial charge in [0.1, 0.15) is 0 Å². The summed E-state index contributed by atoms with van der Waals surface area (Å²) >= 11 is 0. The zero-order chi connectivity index (χ0) is 20.9. The summed E-state index contributed by atoms with van der Waals surface area (Å²) in [6.45, 7) is 2.38. The van der Waals surface area contributed by atoms with Gasteiger partial charge in [-0.05, 0) is 48.7 Å². The minimum atomic E-state index is -0.0349. The Morgan fingerprint density at radius 1 is 0.903 bits per heavy atom. The van der Waals surface area contributed by atoms with Gasteiger partial charge >= 0.3 is 0 Å². The van der Waals surface area contributed by atoms with E-state index >= 15 is 0 Å². The lowest BCUT2D eigenvalue weighted by molar-refractivity contribution is 0.0757. The standard InChI is InChI=1S/C26H23N3O2/c30-25-19-8-2-3-11-22(19)27-24-20(25)9-5-10-21(24)26(31)28-13-6-14-29-18(16-28)15-17-7-1-4-12-23(17)29/h1-5,7-12,18H,6,13-16H2,(H,27,30). The van der Waals surface area contributed by atoms with E-state index in [9.17, 15) is 9.59 Å². The average Bonchev–Trinajstić information content (AvgIpc) is 3.01. The predicted octanol–water partition coefficient (Wildman–Crippen LogP) is 3.96. The number of hydrogen-bond donors (Lipinski definition) is 1. The van der Waals surface area contributed by atoms with Crippen molar-refractivity contribution in [3.8, 4) is 0 Å². The molecule has 1 amide bonds. The first kappa shape index (κ1) is 18.2. The van der Waals surface area contributed by atoms with Crippen LogP contribution in [-0.4, -0.2) is 41.5 Å². The van der Waals surface area contributed by atoms with Crippen LogP contribution in [0.3, 0.4) is 0 Å². The molecule has 3 aromatic carbocycles. The fourth-order valence-corrected chi connectivity index (χ4v) is 5.25. The van der Waals surface area contributed by atoms with Crippen LogP contribution in [-0.2, 0) is 6.42 Å². The summed E-state index contributed by atoms with van der Waals surface area (Å²) in [6.07, 6.45) is 1.90. The third kappa shape index (κ3) is 2.84. The first-order chi connectivity index (χ1) is 15.2. The van der Waals surface area contributed by atoms with Gasteiger partial charge in [-0.25, -0.2) is 0 Å². The first-order valence-electron chi connectivity index (χ1n) is 10.9. The van der Waals surface area contributed by atoms with Crippen molar-refractivity contribution in [1.29, 1.82) is 0 Å². The molecule has 1 aromatic heterocycles. The molecular formula is C26H23N3O2. The Labute approximate surface area is 179 Å². The molecule has 2 aliphatic rings. The third-order valence-corrected chi connectivity index (χ3v) is 6.71. The molecule has 1 saturated heterocycles. The van der Waals surface area contributed by atoms with Gasteiger partial charge in [0.05, 0.1) is 17.1 Å². The number of aromatic amines is 1. The van der Waals surface area contributed by atoms with Gasteiger partial charge in [0.15, 0.2) is 5.43 Å². The summed E-state index contributed by atoms with van der Waals surface area (Å²) in [7, 11) is 0. The van der Waals surface area contributed by atoms with E-state index in [1.54, 1.807) is 6.07 Å². The molecular weight excluding hydrogens is 386 g/mol. The molecule has 2 aliphatic heterocycles. The number of fused-ring (bicyclic) bond motifs is 5. The molecule has 5 nitrogen and oxygen atoms in total. The third-order valence-electron chi connectivity index (χ3n) is 6.71. The smallest absolute Gasteiger partial charge is 0.256 e. The number of para-hydroxylation sites is 3. The molecule has 6 rings (SSSR count). The minimum absolute atomic E-state index is 0.00524. The van der Waals surface area contributed by atoms with E-state index in [0.717, 1.165) is 31.4 Å². The van der Waals surface area contributed by atoms with Gasteiger partial charge in [-0.3, -0.25) is 9.59 Å². The number of hydrogen-bond acceptors (Lipinski definition) is 3. The molecule has 1 atom stereocenters. The van der Waals surface area contributed by atoms with Crippen LogP contribution in [0.4, 0.5) is 5.69 Å². The summed E-state index contributed by atoms with van der Waals surface area (Å²) in [4.78, 5) is 34.5. The number of nitrogens with one attached hydrogen (secondary N) is 1. The number of carbonyl (C=O) groups excluding carboxylic acids is 1. The van der Waals surface area contributed by atoms with E-state index in [0.29, 0.717) is 34.4 Å². The fraction of sp³-hybridized carbons (Fsp3) is 0.231. The predicted molar refractivity (Wildman–Crippen MR) is 124 cm³/mol. The van der Waals surface area contributed by atoms with Gasteiger partial charge in [-0.2, -0.15) is 0 Å². The quantitative estimate of drug-likeness (QED) is 0.484. The molecule has 0 aliphatic carbocycles. The lowest BCUT2D eigenvalue weighted by Crippen LogP contribution is -2.41. The van der Waals surface area contributed by atoms with Crippen molar-refractivity contribution in [3.05, 3.63) is 88.1 Å². The molecule has 3 heterocycles. The Morgan fingerprint density at radius 2 is 1.71 bits per heavy atom. The topological polar surface area (TPSA) is 56.4 Å². The number of rotatable bonds is 1. The van der Waals surface area contributed by atoms with Gasteiger partial charge in [0.2, 0.25) is 0 Å². The molecule has 31 heavy (non-hydrogen) atoms. The van der Waals surface area contributed by atoms with Crippen LogP contribution in [0.1, 0.15) is 22.3 Å². The largest absolute Gasteiger partial charge is 0.366 e. The SMILES string of the molecule is O=C(c1cccc2c(=O)c3ccccc3[nH]c12)N1CCCN2c3ccccc3CC2C1. The maximum atomic E-state index is 13.7. The number of pyridine rings is 1. The minimum Gasteiger partial charge on any atom is -0.366 e. The van der Waals surface area contributed by atoms with Crippen molar-refractivity contribution in [2.45, 2.75) is 18.9 Å². The van der Waals surface area contributed by atoms with Crippen LogP contribution >= 0.6 is 0 Å². The molecule has 4 aromatic rings. The summed E-state index contributed by atoms with van der Waals surface area (Å²) < 4.78 is 0. The summed E-state index contributed by atoms with van der Waals surface area (Å²) in [6, 6.07) is 21.8. The molecule has 1 fully saturated rings. The summed E-state index contributed by atoms with van der Waals surface area (Å²) in [5.41, 5.74) is 4.60. The van der Waals surface area contributed by atoms with E-state index in [1.807, 2.05) is 41.3 Å². The Bertz CT molecular complexity index is 1390. The van der Waals surface area contributed by atoms with Crippen molar-refractivity contribution in [2.24, 2.45) is 0 Å². The Balaban J connectivity index is 1.39. The van der Waals surface area contributed by atoms with Crippen molar-refractivity contribution in [1.82, 2.24) is 9.88 Å². The number of benzene rings is 3. The number of anilines is 1. The second-order valence-electron chi connectivity index (χ2n) is 8.51. The Hall–Kier alpha value is -3.60. The average molecular weight is 409 g/mol. The van der Waals surface area contributed by atoms with Crippen LogP contribution in [0.5, 0.6) is 0 Å². The number of nitrogens with zero attached hydrogens (tertiary/aromatic N) is 2. The Kier molecular flexibility index (Phi) is 4.10. The number of H-pyrrole nitrogens is 1. The molecule has 0 spiro atoms. The van der Waals surface area contributed by atoms with Crippen molar-refractivity contribution in [3.63, 3.8) is 0 Å². The highest BCUT2D eigenvalue weighted by molar-refractivity contribution is 6.07. The molecule has 1 unspecified atom stereocenters. The van der Waals surface area contributed by atoms with Crippen molar-refractivity contribution >= 4 is 33.4 Å². The normalized spacial score (nSPS) is 18.1. The number of amides is 1. The maximum Gasteiger partial charge on any atom is 0.256 e. The van der Waals surface area contributed by atoms with Gasteiger partial charge in [0, 0.05) is 41.6 Å². The monoisotopic (exact) mass is 409 g/mol. The van der Waals surface area contributed by atoms with Gasteiger partial charge < -0.3 is 14.8 Å². The lowest BCUT2D eigenvalue weighted by atomic mass is 10.0. The van der Waals surface area contributed by atoms with Crippen LogP contribution in [0.2, 0.25) is 0 Å². The van der Waals surface area contributed by atoms with Gasteiger partial charge in [-0.1, -0.05) is 36.4 Å². The molecule has 1 N–H and O–H groups in total. The number of carbonyl (C=O) groups is 1. The van der Waals surface area contributed by atoms with E-state index < -0.39 is 0 Å². The van der Waals surface area contributed by atoms with E-state index in [2.05, 4.69) is 34.1 Å². The highest BCUT2D eigenvalue weighted by atomic mass is 16.2. The van der Waals surface area contributed by atoms with Gasteiger partial charge in [-0.15, -0.1) is 0 Å². The van der Waals surface area contributed by atoms with Crippen molar-refractivity contribution in [2.75, 3.05) is 24.5 Å². The van der Waals surface area contributed by atoms with E-state index in [4.69, 9.17) is 0 Å². The fourth-order valence-electron chi connectivity index (χ4n) is 5.25. The summed E-state index contributed by atoms with van der Waals surface area (Å²) in [5, 5.41) is 1.21. The highest BCUT2D eigenvalue weighted by Gasteiger charge is 2.34. The van der Waals surface area contributed by atoms with Crippen LogP contribution in [0.15, 0.2) is 71.5 Å². The molecule has 5 heteroatoms. The maximum absolute atomic E-state index is 13.7. The molecule has 0 radical (unpaired) electrons. The van der Waals surface area contributed by atoms with E-state index in [-0.39, 0.29) is 11.3 Å². The second-order valence-corrected chi connectivity index (χ2v) is 8.51. The molecule has 0 saturated carbocycles. The second kappa shape index (κ2) is 6.98. The van der Waals surface area contributed by atoms with Crippen LogP contribution in [0.25, 0.3) is 21.8 Å². The molecule has 0 bridgehead atoms. The summed E-state index contributed by atoms with van der Waals surface area (Å²) in [5.74, 6) is -0.00524. The zero-order valence-electron chi connectivity index (χ0n) is 17.2.